The number of nitrogens with one attached hydrogen (secondary N) is 1. The Morgan fingerprint density at radius 2 is 1.84 bits per heavy atom. The normalized spacial score (nSPS) is 12.9. The van der Waals surface area contributed by atoms with Crippen LogP contribution in [0.15, 0.2) is 48.7 Å². The highest BCUT2D eigenvalue weighted by molar-refractivity contribution is 6.30. The SMILES string of the molecule is CC(C)(C)OC(=O)NC(c1cn(Cc2ccc(Cl)cc2)c2cc(C#N)ccc12)C(F)(F)F. The van der Waals surface area contributed by atoms with Crippen LogP contribution in [-0.4, -0.2) is 22.4 Å². The Labute approximate surface area is 188 Å². The predicted molar refractivity (Wildman–Crippen MR) is 115 cm³/mol. The second-order valence-electron chi connectivity index (χ2n) is 8.30. The van der Waals surface area contributed by atoms with Gasteiger partial charge in [0.2, 0.25) is 0 Å². The summed E-state index contributed by atoms with van der Waals surface area (Å²) in [6.45, 7) is 4.95. The van der Waals surface area contributed by atoms with E-state index in [2.05, 4.69) is 0 Å². The van der Waals surface area contributed by atoms with Gasteiger partial charge in [0.1, 0.15) is 5.60 Å². The third kappa shape index (κ3) is 5.54. The smallest absolute Gasteiger partial charge is 0.413 e. The molecule has 0 aliphatic rings. The van der Waals surface area contributed by atoms with Crippen LogP contribution in [0.25, 0.3) is 10.9 Å². The van der Waals surface area contributed by atoms with Crippen molar-refractivity contribution in [2.24, 2.45) is 0 Å². The monoisotopic (exact) mass is 463 g/mol. The average Bonchev–Trinajstić information content (AvgIpc) is 3.03. The number of halogens is 4. The number of alkyl carbamates (subject to hydrolysis) is 1. The van der Waals surface area contributed by atoms with E-state index in [0.717, 1.165) is 5.56 Å². The quantitative estimate of drug-likeness (QED) is 0.490. The Morgan fingerprint density at radius 1 is 1.19 bits per heavy atom. The van der Waals surface area contributed by atoms with Gasteiger partial charge in [-0.1, -0.05) is 29.8 Å². The van der Waals surface area contributed by atoms with Crippen LogP contribution in [0.3, 0.4) is 0 Å². The molecular weight excluding hydrogens is 443 g/mol. The molecule has 1 atom stereocenters. The lowest BCUT2D eigenvalue weighted by atomic mass is 10.0. The molecule has 3 rings (SSSR count). The number of fused-ring (bicyclic) bond motifs is 1. The highest BCUT2D eigenvalue weighted by Gasteiger charge is 2.44. The van der Waals surface area contributed by atoms with Crippen LogP contribution in [0.1, 0.15) is 43.5 Å². The van der Waals surface area contributed by atoms with Crippen molar-refractivity contribution in [1.29, 1.82) is 5.26 Å². The van der Waals surface area contributed by atoms with Gasteiger partial charge in [-0.15, -0.1) is 0 Å². The zero-order chi connectivity index (χ0) is 23.7. The fourth-order valence-corrected chi connectivity index (χ4v) is 3.42. The average molecular weight is 464 g/mol. The van der Waals surface area contributed by atoms with Gasteiger partial charge in [-0.25, -0.2) is 4.79 Å². The molecule has 9 heteroatoms. The van der Waals surface area contributed by atoms with E-state index in [1.54, 1.807) is 49.6 Å². The van der Waals surface area contributed by atoms with Crippen molar-refractivity contribution in [3.05, 3.63) is 70.4 Å². The Balaban J connectivity index is 2.09. The van der Waals surface area contributed by atoms with E-state index in [1.165, 1.54) is 24.4 Å². The molecule has 0 aliphatic carbocycles. The third-order valence-electron chi connectivity index (χ3n) is 4.61. The number of nitriles is 1. The van der Waals surface area contributed by atoms with Gasteiger partial charge in [0.05, 0.1) is 11.6 Å². The largest absolute Gasteiger partial charge is 0.444 e. The van der Waals surface area contributed by atoms with Gasteiger partial charge in [0, 0.05) is 34.2 Å². The van der Waals surface area contributed by atoms with E-state index in [4.69, 9.17) is 16.3 Å². The molecule has 0 spiro atoms. The Hall–Kier alpha value is -3.18. The Bertz CT molecular complexity index is 1170. The van der Waals surface area contributed by atoms with E-state index in [9.17, 15) is 23.2 Å². The molecule has 1 N–H and O–H groups in total. The molecule has 1 amide bonds. The summed E-state index contributed by atoms with van der Waals surface area (Å²) in [7, 11) is 0. The van der Waals surface area contributed by atoms with Gasteiger partial charge < -0.3 is 14.6 Å². The first-order chi connectivity index (χ1) is 14.9. The number of carbonyl (C=O) groups excluding carboxylic acids is 1. The topological polar surface area (TPSA) is 67.0 Å². The molecule has 2 aromatic carbocycles. The fraction of sp³-hybridized carbons (Fsp3) is 0.304. The molecule has 5 nitrogen and oxygen atoms in total. The maximum atomic E-state index is 14.0. The van der Waals surface area contributed by atoms with Crippen molar-refractivity contribution in [3.63, 3.8) is 0 Å². The predicted octanol–water partition coefficient (Wildman–Crippen LogP) is 6.34. The summed E-state index contributed by atoms with van der Waals surface area (Å²) in [5.74, 6) is 0. The molecule has 1 aromatic heterocycles. The zero-order valence-electron chi connectivity index (χ0n) is 17.6. The van der Waals surface area contributed by atoms with Crippen LogP contribution < -0.4 is 5.32 Å². The summed E-state index contributed by atoms with van der Waals surface area (Å²) in [4.78, 5) is 12.2. The van der Waals surface area contributed by atoms with Crippen molar-refractivity contribution < 1.29 is 22.7 Å². The van der Waals surface area contributed by atoms with Gasteiger partial charge in [-0.2, -0.15) is 18.4 Å². The van der Waals surface area contributed by atoms with Gasteiger partial charge in [-0.05, 0) is 50.6 Å². The second-order valence-corrected chi connectivity index (χ2v) is 8.74. The lowest BCUT2D eigenvalue weighted by Crippen LogP contribution is -2.41. The first-order valence-electron chi connectivity index (χ1n) is 9.71. The van der Waals surface area contributed by atoms with E-state index < -0.39 is 23.9 Å². The molecule has 3 aromatic rings. The summed E-state index contributed by atoms with van der Waals surface area (Å²) >= 11 is 5.92. The molecule has 0 radical (unpaired) electrons. The molecule has 1 heterocycles. The van der Waals surface area contributed by atoms with E-state index >= 15 is 0 Å². The standard InChI is InChI=1S/C23H21ClF3N3O2/c1-22(2,3)32-21(31)29-20(23(25,26)27)18-13-30(12-14-4-7-16(24)8-5-14)19-10-15(11-28)6-9-17(18)19/h4-10,13,20H,12H2,1-3H3,(H,29,31). The maximum Gasteiger partial charge on any atom is 0.413 e. The van der Waals surface area contributed by atoms with Crippen LogP contribution in [-0.2, 0) is 11.3 Å². The molecule has 0 fully saturated rings. The number of hydrogen-bond acceptors (Lipinski definition) is 3. The van der Waals surface area contributed by atoms with Crippen molar-refractivity contribution >= 4 is 28.6 Å². The van der Waals surface area contributed by atoms with Crippen molar-refractivity contribution in [2.75, 3.05) is 0 Å². The van der Waals surface area contributed by atoms with E-state index in [1.807, 2.05) is 11.4 Å². The highest BCUT2D eigenvalue weighted by Crippen LogP contribution is 2.38. The molecule has 0 bridgehead atoms. The van der Waals surface area contributed by atoms with Crippen LogP contribution in [0.5, 0.6) is 0 Å². The zero-order valence-corrected chi connectivity index (χ0v) is 18.4. The lowest BCUT2D eigenvalue weighted by molar-refractivity contribution is -0.156. The molecular formula is C23H21ClF3N3O2. The fourth-order valence-electron chi connectivity index (χ4n) is 3.30. The summed E-state index contributed by atoms with van der Waals surface area (Å²) < 4.78 is 48.7. The van der Waals surface area contributed by atoms with Crippen LogP contribution >= 0.6 is 11.6 Å². The molecule has 1 unspecified atom stereocenters. The summed E-state index contributed by atoms with van der Waals surface area (Å²) in [6.07, 6.45) is -4.60. The van der Waals surface area contributed by atoms with E-state index in [-0.39, 0.29) is 17.5 Å². The summed E-state index contributed by atoms with van der Waals surface area (Å²) in [6, 6.07) is 11.0. The third-order valence-corrected chi connectivity index (χ3v) is 4.86. The molecule has 168 valence electrons. The maximum absolute atomic E-state index is 14.0. The minimum absolute atomic E-state index is 0.142. The van der Waals surface area contributed by atoms with Crippen molar-refractivity contribution in [3.8, 4) is 6.07 Å². The van der Waals surface area contributed by atoms with E-state index in [0.29, 0.717) is 16.1 Å². The second kappa shape index (κ2) is 8.75. The molecule has 0 saturated heterocycles. The minimum Gasteiger partial charge on any atom is -0.444 e. The number of ether oxygens (including phenoxy) is 1. The summed E-state index contributed by atoms with van der Waals surface area (Å²) in [5, 5.41) is 12.0. The van der Waals surface area contributed by atoms with Gasteiger partial charge >= 0.3 is 12.3 Å². The first-order valence-corrected chi connectivity index (χ1v) is 10.1. The van der Waals surface area contributed by atoms with Crippen LogP contribution in [0.4, 0.5) is 18.0 Å². The van der Waals surface area contributed by atoms with Gasteiger partial charge in [0.15, 0.2) is 6.04 Å². The number of alkyl halides is 3. The number of nitrogens with zero attached hydrogens (tertiary/aromatic N) is 2. The molecule has 0 aliphatic heterocycles. The van der Waals surface area contributed by atoms with Gasteiger partial charge in [-0.3, -0.25) is 0 Å². The number of carbonyl (C=O) groups is 1. The first kappa shape index (κ1) is 23.5. The number of hydrogen-bond donors (Lipinski definition) is 1. The number of benzene rings is 2. The van der Waals surface area contributed by atoms with Crippen LogP contribution in [0.2, 0.25) is 5.02 Å². The summed E-state index contributed by atoms with van der Waals surface area (Å²) in [5.41, 5.74) is 0.461. The Morgan fingerprint density at radius 3 is 2.41 bits per heavy atom. The number of amides is 1. The molecule has 0 saturated carbocycles. The minimum atomic E-state index is -4.77. The number of aromatic nitrogens is 1. The number of rotatable bonds is 4. The van der Waals surface area contributed by atoms with Crippen molar-refractivity contribution in [1.82, 2.24) is 9.88 Å². The van der Waals surface area contributed by atoms with Gasteiger partial charge in [0.25, 0.3) is 0 Å². The van der Waals surface area contributed by atoms with Crippen molar-refractivity contribution in [2.45, 2.75) is 45.1 Å². The molecule has 32 heavy (non-hydrogen) atoms. The highest BCUT2D eigenvalue weighted by atomic mass is 35.5. The van der Waals surface area contributed by atoms with Crippen LogP contribution in [0, 0.1) is 11.3 Å². The lowest BCUT2D eigenvalue weighted by Gasteiger charge is -2.25. The Kier molecular flexibility index (Phi) is 6.42.